The number of amides is 2. The van der Waals surface area contributed by atoms with Crippen LogP contribution in [0, 0.1) is 5.92 Å². The van der Waals surface area contributed by atoms with Crippen molar-refractivity contribution in [2.24, 2.45) is 5.92 Å². The summed E-state index contributed by atoms with van der Waals surface area (Å²) in [5.41, 5.74) is 0.759. The van der Waals surface area contributed by atoms with Gasteiger partial charge in [0.1, 0.15) is 6.04 Å². The summed E-state index contributed by atoms with van der Waals surface area (Å²) >= 11 is 6.07. The first kappa shape index (κ1) is 17.3. The van der Waals surface area contributed by atoms with E-state index < -0.39 is 17.9 Å². The summed E-state index contributed by atoms with van der Waals surface area (Å²) in [6.45, 7) is 4.02. The van der Waals surface area contributed by atoms with Crippen LogP contribution in [-0.2, 0) is 9.59 Å². The Morgan fingerprint density at radius 3 is 2.57 bits per heavy atom. The number of halogens is 1. The fourth-order valence-corrected chi connectivity index (χ4v) is 2.71. The molecule has 1 aliphatic rings. The van der Waals surface area contributed by atoms with Crippen molar-refractivity contribution >= 4 is 35.1 Å². The van der Waals surface area contributed by atoms with Gasteiger partial charge >= 0.3 is 5.97 Å². The molecule has 1 aromatic carbocycles. The van der Waals surface area contributed by atoms with E-state index in [-0.39, 0.29) is 22.4 Å². The average Bonchev–Trinajstić information content (AvgIpc) is 2.90. The third-order valence-electron chi connectivity index (χ3n) is 3.80. The van der Waals surface area contributed by atoms with Gasteiger partial charge in [-0.25, -0.2) is 4.79 Å². The first-order valence-corrected chi connectivity index (χ1v) is 7.82. The Bertz CT molecular complexity index is 645. The van der Waals surface area contributed by atoms with Crippen LogP contribution in [0.4, 0.5) is 5.69 Å². The maximum Gasteiger partial charge on any atom is 0.326 e. The average molecular weight is 339 g/mol. The summed E-state index contributed by atoms with van der Waals surface area (Å²) in [7, 11) is 0. The van der Waals surface area contributed by atoms with Gasteiger partial charge in [0.15, 0.2) is 0 Å². The van der Waals surface area contributed by atoms with E-state index in [1.54, 1.807) is 30.9 Å². The van der Waals surface area contributed by atoms with Gasteiger partial charge < -0.3 is 15.3 Å². The number of hydrogen-bond acceptors (Lipinski definition) is 3. The number of rotatable bonds is 5. The van der Waals surface area contributed by atoms with Crippen molar-refractivity contribution in [3.63, 3.8) is 0 Å². The molecule has 0 unspecified atom stereocenters. The molecule has 124 valence electrons. The van der Waals surface area contributed by atoms with Crippen LogP contribution in [-0.4, -0.2) is 35.5 Å². The molecular formula is C16H19ClN2O4. The lowest BCUT2D eigenvalue weighted by Gasteiger charge is -2.20. The highest BCUT2D eigenvalue weighted by molar-refractivity contribution is 6.34. The van der Waals surface area contributed by atoms with Gasteiger partial charge in [0.25, 0.3) is 5.91 Å². The number of anilines is 1. The van der Waals surface area contributed by atoms with Crippen molar-refractivity contribution in [2.45, 2.75) is 32.7 Å². The second kappa shape index (κ2) is 7.00. The number of nitrogens with one attached hydrogen (secondary N) is 1. The molecule has 7 heteroatoms. The Balaban J connectivity index is 2.26. The number of carbonyl (C=O) groups is 3. The molecule has 0 aromatic heterocycles. The molecular weight excluding hydrogens is 320 g/mol. The van der Waals surface area contributed by atoms with E-state index in [1.807, 2.05) is 0 Å². The zero-order valence-corrected chi connectivity index (χ0v) is 13.8. The number of carboxylic acids is 1. The molecule has 23 heavy (non-hydrogen) atoms. The van der Waals surface area contributed by atoms with Crippen molar-refractivity contribution in [1.82, 2.24) is 5.32 Å². The monoisotopic (exact) mass is 338 g/mol. The summed E-state index contributed by atoms with van der Waals surface area (Å²) in [4.78, 5) is 37.0. The van der Waals surface area contributed by atoms with E-state index in [1.165, 1.54) is 6.07 Å². The van der Waals surface area contributed by atoms with Gasteiger partial charge in [0.2, 0.25) is 5.91 Å². The predicted octanol–water partition coefficient (Wildman–Crippen LogP) is 2.31. The van der Waals surface area contributed by atoms with E-state index in [0.29, 0.717) is 18.7 Å². The quantitative estimate of drug-likeness (QED) is 0.862. The standard InChI is InChI=1S/C16H19ClN2O4/c1-9(2)14(16(22)23)18-15(21)11-8-10(5-6-12(11)17)19-7-3-4-13(19)20/h5-6,8-9,14H,3-4,7H2,1-2H3,(H,18,21)(H,22,23)/t14-/m1/s1. The van der Waals surface area contributed by atoms with Gasteiger partial charge in [-0.2, -0.15) is 0 Å². The van der Waals surface area contributed by atoms with Crippen LogP contribution in [0.3, 0.4) is 0 Å². The Hall–Kier alpha value is -2.08. The molecule has 1 heterocycles. The summed E-state index contributed by atoms with van der Waals surface area (Å²) < 4.78 is 0. The molecule has 1 aliphatic heterocycles. The molecule has 2 amide bonds. The van der Waals surface area contributed by atoms with Gasteiger partial charge in [-0.15, -0.1) is 0 Å². The molecule has 0 radical (unpaired) electrons. The van der Waals surface area contributed by atoms with Gasteiger partial charge in [-0.05, 0) is 30.5 Å². The molecule has 1 fully saturated rings. The van der Waals surface area contributed by atoms with Gasteiger partial charge in [0.05, 0.1) is 10.6 Å². The summed E-state index contributed by atoms with van der Waals surface area (Å²) in [6, 6.07) is 3.75. The molecule has 6 nitrogen and oxygen atoms in total. The van der Waals surface area contributed by atoms with E-state index in [4.69, 9.17) is 11.6 Å². The lowest BCUT2D eigenvalue weighted by Crippen LogP contribution is -2.44. The molecule has 1 atom stereocenters. The smallest absolute Gasteiger partial charge is 0.326 e. The third kappa shape index (κ3) is 3.82. The van der Waals surface area contributed by atoms with Crippen LogP contribution >= 0.6 is 11.6 Å². The number of aliphatic carboxylic acids is 1. The summed E-state index contributed by atoms with van der Waals surface area (Å²) in [5.74, 6) is -1.93. The first-order chi connectivity index (χ1) is 10.8. The molecule has 2 N–H and O–H groups in total. The zero-order chi connectivity index (χ0) is 17.1. The van der Waals surface area contributed by atoms with Crippen molar-refractivity contribution in [3.8, 4) is 0 Å². The summed E-state index contributed by atoms with van der Waals surface area (Å²) in [6.07, 6.45) is 1.26. The van der Waals surface area contributed by atoms with Crippen molar-refractivity contribution in [3.05, 3.63) is 28.8 Å². The Labute approximate surface area is 139 Å². The Morgan fingerprint density at radius 1 is 1.35 bits per heavy atom. The maximum atomic E-state index is 12.4. The summed E-state index contributed by atoms with van der Waals surface area (Å²) in [5, 5.41) is 11.9. The van der Waals surface area contributed by atoms with Gasteiger partial charge in [-0.1, -0.05) is 25.4 Å². The number of nitrogens with zero attached hydrogens (tertiary/aromatic N) is 1. The first-order valence-electron chi connectivity index (χ1n) is 7.45. The van der Waals surface area contributed by atoms with Crippen LogP contribution < -0.4 is 10.2 Å². The van der Waals surface area contributed by atoms with Gasteiger partial charge in [-0.3, -0.25) is 9.59 Å². The van der Waals surface area contributed by atoms with Crippen molar-refractivity contribution in [2.75, 3.05) is 11.4 Å². The van der Waals surface area contributed by atoms with E-state index in [2.05, 4.69) is 5.32 Å². The minimum Gasteiger partial charge on any atom is -0.480 e. The lowest BCUT2D eigenvalue weighted by atomic mass is 10.0. The second-order valence-electron chi connectivity index (χ2n) is 5.85. The number of carbonyl (C=O) groups excluding carboxylic acids is 2. The third-order valence-corrected chi connectivity index (χ3v) is 4.13. The lowest BCUT2D eigenvalue weighted by molar-refractivity contribution is -0.140. The van der Waals surface area contributed by atoms with E-state index in [0.717, 1.165) is 6.42 Å². The van der Waals surface area contributed by atoms with Crippen LogP contribution in [0.2, 0.25) is 5.02 Å². The topological polar surface area (TPSA) is 86.7 Å². The Morgan fingerprint density at radius 2 is 2.04 bits per heavy atom. The number of hydrogen-bond donors (Lipinski definition) is 2. The Kier molecular flexibility index (Phi) is 5.26. The SMILES string of the molecule is CC(C)[C@@H](NC(=O)c1cc(N2CCCC2=O)ccc1Cl)C(=O)O. The van der Waals surface area contributed by atoms with Crippen LogP contribution in [0.5, 0.6) is 0 Å². The fourth-order valence-electron chi connectivity index (χ4n) is 2.51. The molecule has 0 aliphatic carbocycles. The second-order valence-corrected chi connectivity index (χ2v) is 6.25. The normalized spacial score (nSPS) is 15.8. The van der Waals surface area contributed by atoms with E-state index >= 15 is 0 Å². The minimum atomic E-state index is -1.10. The highest BCUT2D eigenvalue weighted by Crippen LogP contribution is 2.26. The highest BCUT2D eigenvalue weighted by Gasteiger charge is 2.26. The molecule has 1 saturated heterocycles. The van der Waals surface area contributed by atoms with Crippen molar-refractivity contribution < 1.29 is 19.5 Å². The maximum absolute atomic E-state index is 12.4. The molecule has 0 bridgehead atoms. The van der Waals surface area contributed by atoms with Crippen LogP contribution in [0.1, 0.15) is 37.0 Å². The molecule has 0 spiro atoms. The van der Waals surface area contributed by atoms with Gasteiger partial charge in [0, 0.05) is 18.7 Å². The van der Waals surface area contributed by atoms with Crippen LogP contribution in [0.15, 0.2) is 18.2 Å². The van der Waals surface area contributed by atoms with E-state index in [9.17, 15) is 19.5 Å². The zero-order valence-electron chi connectivity index (χ0n) is 13.0. The molecule has 1 aromatic rings. The fraction of sp³-hybridized carbons (Fsp3) is 0.438. The molecule has 0 saturated carbocycles. The van der Waals surface area contributed by atoms with Crippen molar-refractivity contribution in [1.29, 1.82) is 0 Å². The number of carboxylic acid groups (broad SMARTS) is 1. The predicted molar refractivity (Wildman–Crippen MR) is 86.8 cm³/mol. The largest absolute Gasteiger partial charge is 0.480 e. The van der Waals surface area contributed by atoms with Crippen LogP contribution in [0.25, 0.3) is 0 Å². The number of benzene rings is 1. The minimum absolute atomic E-state index is 0.00396. The molecule has 2 rings (SSSR count). The highest BCUT2D eigenvalue weighted by atomic mass is 35.5.